The van der Waals surface area contributed by atoms with Gasteiger partial charge >= 0.3 is 0 Å². The lowest BCUT2D eigenvalue weighted by molar-refractivity contribution is 2.03. The molecule has 94 valence electrons. The van der Waals surface area contributed by atoms with Gasteiger partial charge in [-0.25, -0.2) is 0 Å². The third-order valence-electron chi connectivity index (χ3n) is 3.81. The van der Waals surface area contributed by atoms with E-state index in [9.17, 15) is 0 Å². The summed E-state index contributed by atoms with van der Waals surface area (Å²) in [5.41, 5.74) is 0. The van der Waals surface area contributed by atoms with Gasteiger partial charge in [-0.05, 0) is 51.3 Å². The van der Waals surface area contributed by atoms with Crippen molar-refractivity contribution >= 4 is 87.0 Å². The lowest BCUT2D eigenvalue weighted by Crippen LogP contribution is -1.88. The summed E-state index contributed by atoms with van der Waals surface area (Å²) >= 11 is 5.63. The third kappa shape index (κ3) is 1.47. The van der Waals surface area contributed by atoms with Crippen LogP contribution in [0.25, 0.3) is 40.3 Å². The Kier molecular flexibility index (Phi) is 2.18. The Morgan fingerprint density at radius 3 is 2.30 bits per heavy atom. The van der Waals surface area contributed by atoms with Crippen LogP contribution in [0.5, 0.6) is 0 Å². The second kappa shape index (κ2) is 3.85. The second-order valence-corrected chi connectivity index (χ2v) is 8.47. The molecule has 0 aliphatic heterocycles. The van der Waals surface area contributed by atoms with E-state index in [1.807, 2.05) is 34.0 Å². The molecule has 20 heavy (non-hydrogen) atoms. The van der Waals surface area contributed by atoms with Crippen molar-refractivity contribution in [1.29, 1.82) is 0 Å². The van der Waals surface area contributed by atoms with Gasteiger partial charge in [0.05, 0.1) is 0 Å². The molecule has 0 atom stereocenters. The minimum atomic E-state index is 1.36. The minimum Gasteiger partial charge on any atom is -0.151 e. The van der Waals surface area contributed by atoms with Crippen LogP contribution in [0.3, 0.4) is 0 Å². The first-order valence-corrected chi connectivity index (χ1v) is 9.03. The molecule has 0 spiro atoms. The summed E-state index contributed by atoms with van der Waals surface area (Å²) in [7, 11) is 2.19. The smallest absolute Gasteiger partial charge is 0.151 e. The van der Waals surface area contributed by atoms with Gasteiger partial charge in [0.15, 0.2) is 7.85 Å². The summed E-state index contributed by atoms with van der Waals surface area (Å²) in [6, 6.07) is 13.9. The van der Waals surface area contributed by atoms with Gasteiger partial charge in [0.25, 0.3) is 0 Å². The van der Waals surface area contributed by atoms with Gasteiger partial charge in [-0.2, -0.15) is 11.3 Å². The van der Waals surface area contributed by atoms with Gasteiger partial charge in [0, 0.05) is 29.6 Å². The number of rotatable bonds is 0. The zero-order valence-electron chi connectivity index (χ0n) is 10.8. The molecule has 0 saturated heterocycles. The van der Waals surface area contributed by atoms with E-state index in [1.54, 1.807) is 0 Å². The maximum atomic E-state index is 2.37. The van der Waals surface area contributed by atoms with E-state index in [0.717, 1.165) is 0 Å². The fraction of sp³-hybridized carbons (Fsp3) is 0. The van der Waals surface area contributed by atoms with Crippen LogP contribution in [0.4, 0.5) is 0 Å². The second-order valence-electron chi connectivity index (χ2n) is 5.15. The molecule has 0 nitrogen and oxygen atoms in total. The summed E-state index contributed by atoms with van der Waals surface area (Å²) < 4.78 is 7.00. The monoisotopic (exact) mass is 308 g/mol. The van der Waals surface area contributed by atoms with Gasteiger partial charge in [0.2, 0.25) is 0 Å². The predicted molar refractivity (Wildman–Crippen MR) is 98.3 cm³/mol. The average molecular weight is 308 g/mol. The van der Waals surface area contributed by atoms with Crippen molar-refractivity contribution in [2.45, 2.75) is 0 Å². The van der Waals surface area contributed by atoms with Crippen LogP contribution >= 0.6 is 34.0 Å². The van der Waals surface area contributed by atoms with E-state index in [4.69, 9.17) is 0 Å². The fourth-order valence-electron chi connectivity index (χ4n) is 2.90. The van der Waals surface area contributed by atoms with E-state index >= 15 is 0 Å². The number of hydrogen-bond acceptors (Lipinski definition) is 3. The van der Waals surface area contributed by atoms with E-state index in [2.05, 4.69) is 49.6 Å². The van der Waals surface area contributed by atoms with E-state index in [0.29, 0.717) is 0 Å². The van der Waals surface area contributed by atoms with Gasteiger partial charge in [-0.3, -0.25) is 0 Å². The first-order chi connectivity index (χ1) is 9.78. The van der Waals surface area contributed by atoms with Crippen molar-refractivity contribution < 1.29 is 0 Å². The highest BCUT2D eigenvalue weighted by Gasteiger charge is 2.09. The van der Waals surface area contributed by atoms with Crippen LogP contribution in [0.2, 0.25) is 0 Å². The van der Waals surface area contributed by atoms with Gasteiger partial charge < -0.3 is 0 Å². The molecule has 0 saturated carbocycles. The highest BCUT2D eigenvalue weighted by molar-refractivity contribution is 7.28. The summed E-state index contributed by atoms with van der Waals surface area (Å²) in [5.74, 6) is 0. The molecule has 0 N–H and O–H groups in total. The summed E-state index contributed by atoms with van der Waals surface area (Å²) in [4.78, 5) is 0. The van der Waals surface area contributed by atoms with E-state index < -0.39 is 0 Å². The topological polar surface area (TPSA) is 0 Å². The minimum absolute atomic E-state index is 1.36. The molecule has 3 heterocycles. The maximum Gasteiger partial charge on any atom is 0.152 e. The normalized spacial score (nSPS) is 12.2. The van der Waals surface area contributed by atoms with E-state index in [1.165, 1.54) is 45.1 Å². The van der Waals surface area contributed by atoms with Gasteiger partial charge in [-0.15, -0.1) is 22.7 Å². The lowest BCUT2D eigenvalue weighted by atomic mass is 10.1. The zero-order valence-corrected chi connectivity index (χ0v) is 13.2. The number of thiophene rings is 3. The summed E-state index contributed by atoms with van der Waals surface area (Å²) in [5, 5.41) is 7.73. The van der Waals surface area contributed by atoms with Gasteiger partial charge in [-0.1, -0.05) is 6.07 Å². The molecule has 4 heteroatoms. The average Bonchev–Trinajstić information content (AvgIpc) is 3.08. The molecule has 0 fully saturated rings. The van der Waals surface area contributed by atoms with Crippen molar-refractivity contribution in [3.63, 3.8) is 0 Å². The largest absolute Gasteiger partial charge is 0.152 e. The predicted octanol–water partition coefficient (Wildman–Crippen LogP) is 4.74. The Morgan fingerprint density at radius 1 is 0.700 bits per heavy atom. The van der Waals surface area contributed by atoms with Crippen LogP contribution in [-0.2, 0) is 0 Å². The highest BCUT2D eigenvalue weighted by atomic mass is 32.1. The van der Waals surface area contributed by atoms with E-state index in [-0.39, 0.29) is 0 Å². The lowest BCUT2D eigenvalue weighted by Gasteiger charge is -1.94. The van der Waals surface area contributed by atoms with Crippen LogP contribution < -0.4 is 4.78 Å². The Balaban J connectivity index is 2.01. The molecule has 5 rings (SSSR count). The van der Waals surface area contributed by atoms with Gasteiger partial charge in [0.1, 0.15) is 0 Å². The fourth-order valence-corrected chi connectivity index (χ4v) is 5.95. The SMILES string of the molecule is Bc1cc2cc3c(cc2s1)sc1cc2sccc2cc13. The van der Waals surface area contributed by atoms with Crippen molar-refractivity contribution in [3.05, 3.63) is 41.8 Å². The Bertz CT molecular complexity index is 1110. The van der Waals surface area contributed by atoms with Crippen LogP contribution in [0.15, 0.2) is 41.8 Å². The molecule has 5 aromatic rings. The Hall–Kier alpha value is -1.36. The molecular formula is C16H9BS3. The third-order valence-corrected chi connectivity index (χ3v) is 6.81. The van der Waals surface area contributed by atoms with Crippen LogP contribution in [0.1, 0.15) is 0 Å². The molecule has 0 unspecified atom stereocenters. The number of fused-ring (bicyclic) bond motifs is 5. The van der Waals surface area contributed by atoms with Crippen molar-refractivity contribution in [3.8, 4) is 0 Å². The zero-order chi connectivity index (χ0) is 13.3. The maximum absolute atomic E-state index is 2.37. The highest BCUT2D eigenvalue weighted by Crippen LogP contribution is 2.39. The molecule has 0 bridgehead atoms. The molecule has 3 aromatic heterocycles. The molecular weight excluding hydrogens is 299 g/mol. The first kappa shape index (κ1) is 11.3. The molecule has 0 radical (unpaired) electrons. The van der Waals surface area contributed by atoms with Crippen molar-refractivity contribution in [2.24, 2.45) is 0 Å². The van der Waals surface area contributed by atoms with Crippen molar-refractivity contribution in [2.75, 3.05) is 0 Å². The molecule has 0 amide bonds. The summed E-state index contributed by atoms with van der Waals surface area (Å²) in [6.07, 6.45) is 0. The molecule has 2 aromatic carbocycles. The van der Waals surface area contributed by atoms with Crippen LogP contribution in [0, 0.1) is 0 Å². The van der Waals surface area contributed by atoms with Crippen LogP contribution in [-0.4, -0.2) is 7.85 Å². The standard InChI is InChI=1S/C16H9BS3/c17-16-5-9-4-11-10-3-8-1-2-18-12(8)6-14(10)19-15(11)7-13(9)20-16/h1-7H,17H2. The van der Waals surface area contributed by atoms with Crippen molar-refractivity contribution in [1.82, 2.24) is 0 Å². The quantitative estimate of drug-likeness (QED) is 0.362. The molecule has 0 aliphatic rings. The Labute approximate surface area is 128 Å². The Morgan fingerprint density at radius 2 is 1.45 bits per heavy atom. The number of benzene rings is 2. The molecule has 0 aliphatic carbocycles. The number of hydrogen-bond donors (Lipinski definition) is 0. The first-order valence-electron chi connectivity index (χ1n) is 6.52. The summed E-state index contributed by atoms with van der Waals surface area (Å²) in [6.45, 7) is 0.